The quantitative estimate of drug-likeness (QED) is 0.729. The van der Waals surface area contributed by atoms with Crippen LogP contribution in [0.2, 0.25) is 0 Å². The number of H-pyrrole nitrogens is 1. The number of carbonyl (C=O) groups is 1. The van der Waals surface area contributed by atoms with Gasteiger partial charge in [0.25, 0.3) is 0 Å². The zero-order chi connectivity index (χ0) is 18.6. The van der Waals surface area contributed by atoms with E-state index in [0.29, 0.717) is 31.1 Å². The monoisotopic (exact) mass is 365 g/mol. The third kappa shape index (κ3) is 3.75. The number of hydrogen-bond acceptors (Lipinski definition) is 4. The Labute approximate surface area is 158 Å². The summed E-state index contributed by atoms with van der Waals surface area (Å²) in [5, 5.41) is 4.08. The number of amides is 1. The SMILES string of the molecule is COc1ccc(N2CCOCC2)cc1NC(=O)Cc1c[nH]c2ccccc12. The van der Waals surface area contributed by atoms with Crippen molar-refractivity contribution in [1.82, 2.24) is 4.98 Å². The van der Waals surface area contributed by atoms with Crippen molar-refractivity contribution in [1.29, 1.82) is 0 Å². The van der Waals surface area contributed by atoms with E-state index >= 15 is 0 Å². The Kier molecular flexibility index (Phi) is 4.98. The number of nitrogens with zero attached hydrogens (tertiary/aromatic N) is 1. The molecular formula is C21H23N3O3. The zero-order valence-corrected chi connectivity index (χ0v) is 15.3. The van der Waals surface area contributed by atoms with Crippen LogP contribution in [0.4, 0.5) is 11.4 Å². The summed E-state index contributed by atoms with van der Waals surface area (Å²) in [7, 11) is 1.61. The number of rotatable bonds is 5. The summed E-state index contributed by atoms with van der Waals surface area (Å²) in [6, 6.07) is 13.9. The number of morpholine rings is 1. The van der Waals surface area contributed by atoms with Crippen molar-refractivity contribution < 1.29 is 14.3 Å². The minimum atomic E-state index is -0.0721. The van der Waals surface area contributed by atoms with Gasteiger partial charge in [0.05, 0.1) is 32.4 Å². The van der Waals surface area contributed by atoms with Gasteiger partial charge >= 0.3 is 0 Å². The summed E-state index contributed by atoms with van der Waals surface area (Å²) in [4.78, 5) is 18.1. The molecule has 1 aromatic heterocycles. The van der Waals surface area contributed by atoms with Gasteiger partial charge in [-0.15, -0.1) is 0 Å². The van der Waals surface area contributed by atoms with Gasteiger partial charge in [0.1, 0.15) is 5.75 Å². The van der Waals surface area contributed by atoms with Crippen molar-refractivity contribution >= 4 is 28.2 Å². The number of anilines is 2. The predicted octanol–water partition coefficient (Wildman–Crippen LogP) is 3.19. The number of aromatic amines is 1. The topological polar surface area (TPSA) is 66.6 Å². The molecule has 3 aromatic rings. The largest absolute Gasteiger partial charge is 0.495 e. The minimum Gasteiger partial charge on any atom is -0.495 e. The van der Waals surface area contributed by atoms with Crippen LogP contribution in [0.25, 0.3) is 10.9 Å². The molecular weight excluding hydrogens is 342 g/mol. The minimum absolute atomic E-state index is 0.0721. The molecule has 27 heavy (non-hydrogen) atoms. The number of aromatic nitrogens is 1. The first-order valence-electron chi connectivity index (χ1n) is 9.10. The van der Waals surface area contributed by atoms with Crippen LogP contribution in [-0.2, 0) is 16.0 Å². The molecule has 1 aliphatic heterocycles. The van der Waals surface area contributed by atoms with E-state index in [1.54, 1.807) is 7.11 Å². The van der Waals surface area contributed by atoms with Crippen molar-refractivity contribution in [2.45, 2.75) is 6.42 Å². The summed E-state index contributed by atoms with van der Waals surface area (Å²) >= 11 is 0. The summed E-state index contributed by atoms with van der Waals surface area (Å²) in [6.07, 6.45) is 2.20. The molecule has 1 saturated heterocycles. The molecule has 1 aliphatic rings. The highest BCUT2D eigenvalue weighted by atomic mass is 16.5. The van der Waals surface area contributed by atoms with E-state index in [2.05, 4.69) is 15.2 Å². The molecule has 4 rings (SSSR count). The number of benzene rings is 2. The molecule has 140 valence electrons. The Morgan fingerprint density at radius 1 is 1.22 bits per heavy atom. The van der Waals surface area contributed by atoms with Gasteiger partial charge in [-0.2, -0.15) is 0 Å². The fourth-order valence-electron chi connectivity index (χ4n) is 3.46. The molecule has 0 atom stereocenters. The number of hydrogen-bond donors (Lipinski definition) is 2. The van der Waals surface area contributed by atoms with Crippen molar-refractivity contribution in [2.24, 2.45) is 0 Å². The van der Waals surface area contributed by atoms with Crippen LogP contribution in [0.1, 0.15) is 5.56 Å². The Morgan fingerprint density at radius 3 is 2.85 bits per heavy atom. The maximum atomic E-state index is 12.7. The van der Waals surface area contributed by atoms with Gasteiger partial charge in [-0.1, -0.05) is 18.2 Å². The van der Waals surface area contributed by atoms with Gasteiger partial charge in [-0.25, -0.2) is 0 Å². The lowest BCUT2D eigenvalue weighted by Gasteiger charge is -2.29. The summed E-state index contributed by atoms with van der Waals surface area (Å²) < 4.78 is 10.8. The number of ether oxygens (including phenoxy) is 2. The van der Waals surface area contributed by atoms with E-state index in [9.17, 15) is 4.79 Å². The number of nitrogens with one attached hydrogen (secondary N) is 2. The second kappa shape index (κ2) is 7.72. The van der Waals surface area contributed by atoms with Crippen molar-refractivity contribution in [3.05, 3.63) is 54.2 Å². The molecule has 2 aromatic carbocycles. The number of methoxy groups -OCH3 is 1. The first-order chi connectivity index (χ1) is 13.2. The average Bonchev–Trinajstić information content (AvgIpc) is 3.11. The van der Waals surface area contributed by atoms with Crippen LogP contribution < -0.4 is 15.0 Å². The number of carbonyl (C=O) groups excluding carboxylic acids is 1. The van der Waals surface area contributed by atoms with E-state index in [1.807, 2.05) is 48.7 Å². The van der Waals surface area contributed by atoms with Gasteiger partial charge in [0.2, 0.25) is 5.91 Å². The van der Waals surface area contributed by atoms with E-state index in [4.69, 9.17) is 9.47 Å². The summed E-state index contributed by atoms with van der Waals surface area (Å²) in [5.41, 5.74) is 3.76. The first kappa shape index (κ1) is 17.4. The molecule has 0 saturated carbocycles. The van der Waals surface area contributed by atoms with Crippen molar-refractivity contribution in [3.63, 3.8) is 0 Å². The van der Waals surface area contributed by atoms with E-state index < -0.39 is 0 Å². The van der Waals surface area contributed by atoms with Gasteiger partial charge in [0.15, 0.2) is 0 Å². The number of fused-ring (bicyclic) bond motifs is 1. The van der Waals surface area contributed by atoms with Crippen LogP contribution >= 0.6 is 0 Å². The lowest BCUT2D eigenvalue weighted by molar-refractivity contribution is -0.115. The van der Waals surface area contributed by atoms with Gasteiger partial charge in [0, 0.05) is 35.9 Å². The van der Waals surface area contributed by atoms with Crippen LogP contribution in [0.3, 0.4) is 0 Å². The predicted molar refractivity (Wildman–Crippen MR) is 107 cm³/mol. The van der Waals surface area contributed by atoms with E-state index in [0.717, 1.165) is 35.2 Å². The van der Waals surface area contributed by atoms with Crippen LogP contribution in [0.15, 0.2) is 48.7 Å². The molecule has 2 heterocycles. The molecule has 2 N–H and O–H groups in total. The van der Waals surface area contributed by atoms with Crippen molar-refractivity contribution in [3.8, 4) is 5.75 Å². The van der Waals surface area contributed by atoms with Crippen LogP contribution in [0.5, 0.6) is 5.75 Å². The molecule has 0 unspecified atom stereocenters. The smallest absolute Gasteiger partial charge is 0.228 e. The standard InChI is InChI=1S/C21H23N3O3/c1-26-20-7-6-16(24-8-10-27-11-9-24)13-19(20)23-21(25)12-15-14-22-18-5-3-2-4-17(15)18/h2-7,13-14,22H,8-12H2,1H3,(H,23,25). The third-order valence-corrected chi connectivity index (χ3v) is 4.86. The molecule has 0 aliphatic carbocycles. The molecule has 0 spiro atoms. The Hall–Kier alpha value is -2.99. The summed E-state index contributed by atoms with van der Waals surface area (Å²) in [5.74, 6) is 0.580. The second-order valence-corrected chi connectivity index (χ2v) is 6.57. The average molecular weight is 365 g/mol. The Balaban J connectivity index is 1.52. The molecule has 1 fully saturated rings. The fourth-order valence-corrected chi connectivity index (χ4v) is 3.46. The third-order valence-electron chi connectivity index (χ3n) is 4.86. The van der Waals surface area contributed by atoms with Gasteiger partial charge in [-0.05, 0) is 29.8 Å². The lowest BCUT2D eigenvalue weighted by atomic mass is 10.1. The normalized spacial score (nSPS) is 14.3. The molecule has 0 bridgehead atoms. The zero-order valence-electron chi connectivity index (χ0n) is 15.3. The maximum absolute atomic E-state index is 12.7. The molecule has 6 nitrogen and oxygen atoms in total. The Morgan fingerprint density at radius 2 is 2.04 bits per heavy atom. The maximum Gasteiger partial charge on any atom is 0.228 e. The van der Waals surface area contributed by atoms with Crippen LogP contribution in [-0.4, -0.2) is 44.3 Å². The summed E-state index contributed by atoms with van der Waals surface area (Å²) in [6.45, 7) is 3.12. The first-order valence-corrected chi connectivity index (χ1v) is 9.10. The Bertz CT molecular complexity index is 945. The molecule has 0 radical (unpaired) electrons. The number of para-hydroxylation sites is 1. The highest BCUT2D eigenvalue weighted by Crippen LogP contribution is 2.30. The fraction of sp³-hybridized carbons (Fsp3) is 0.286. The van der Waals surface area contributed by atoms with Crippen molar-refractivity contribution in [2.75, 3.05) is 43.6 Å². The molecule has 1 amide bonds. The van der Waals surface area contributed by atoms with Crippen LogP contribution in [0, 0.1) is 0 Å². The molecule has 6 heteroatoms. The highest BCUT2D eigenvalue weighted by Gasteiger charge is 2.15. The van der Waals surface area contributed by atoms with E-state index in [1.165, 1.54) is 0 Å². The highest BCUT2D eigenvalue weighted by molar-refractivity contribution is 5.97. The van der Waals surface area contributed by atoms with E-state index in [-0.39, 0.29) is 5.91 Å². The van der Waals surface area contributed by atoms with Gasteiger partial charge < -0.3 is 24.7 Å². The lowest BCUT2D eigenvalue weighted by Crippen LogP contribution is -2.36. The van der Waals surface area contributed by atoms with Gasteiger partial charge in [-0.3, -0.25) is 4.79 Å². The second-order valence-electron chi connectivity index (χ2n) is 6.57.